The Hall–Kier alpha value is -4.60. The van der Waals surface area contributed by atoms with E-state index < -0.39 is 4.92 Å². The van der Waals surface area contributed by atoms with E-state index in [2.05, 4.69) is 10.4 Å². The molecular formula is C22H16N4O6. The zero-order valence-corrected chi connectivity index (χ0v) is 16.6. The molecule has 0 spiro atoms. The fourth-order valence-corrected chi connectivity index (χ4v) is 3.32. The van der Waals surface area contributed by atoms with Gasteiger partial charge in [-0.1, -0.05) is 6.07 Å². The van der Waals surface area contributed by atoms with Crippen LogP contribution in [0.25, 0.3) is 17.1 Å². The predicted octanol–water partition coefficient (Wildman–Crippen LogP) is 3.70. The normalized spacial score (nSPS) is 12.0. The third kappa shape index (κ3) is 3.65. The van der Waals surface area contributed by atoms with Crippen LogP contribution in [-0.2, 0) is 6.54 Å². The fraction of sp³-hybridized carbons (Fsp3) is 0.0909. The molecule has 1 aliphatic rings. The van der Waals surface area contributed by atoms with E-state index in [-0.39, 0.29) is 30.6 Å². The highest BCUT2D eigenvalue weighted by Gasteiger charge is 2.20. The van der Waals surface area contributed by atoms with Gasteiger partial charge in [0.1, 0.15) is 11.4 Å². The van der Waals surface area contributed by atoms with Crippen molar-refractivity contribution >= 4 is 11.6 Å². The number of fused-ring (bicyclic) bond motifs is 1. The summed E-state index contributed by atoms with van der Waals surface area (Å²) in [6.45, 7) is 0.437. The second-order valence-corrected chi connectivity index (χ2v) is 6.95. The number of nitrogens with one attached hydrogen (secondary N) is 1. The fourth-order valence-electron chi connectivity index (χ4n) is 3.32. The molecule has 0 saturated heterocycles. The highest BCUT2D eigenvalue weighted by Crippen LogP contribution is 2.32. The van der Waals surface area contributed by atoms with Crippen molar-refractivity contribution in [2.75, 3.05) is 6.79 Å². The zero-order chi connectivity index (χ0) is 22.1. The number of benzene rings is 2. The lowest BCUT2D eigenvalue weighted by Gasteiger charge is -2.09. The number of hydrogen-bond donors (Lipinski definition) is 1. The van der Waals surface area contributed by atoms with Crippen molar-refractivity contribution in [3.8, 4) is 28.6 Å². The van der Waals surface area contributed by atoms with Gasteiger partial charge in [-0.05, 0) is 42.0 Å². The number of furan rings is 1. The molecule has 32 heavy (non-hydrogen) atoms. The molecular weight excluding hydrogens is 416 g/mol. The summed E-state index contributed by atoms with van der Waals surface area (Å²) in [5, 5.41) is 18.3. The van der Waals surface area contributed by atoms with Gasteiger partial charge in [-0.25, -0.2) is 4.68 Å². The standard InChI is InChI=1S/C22H16N4O6/c27-22(23-12-14-3-8-20-21(10-14)32-13-31-20)18-11-17(19-2-1-9-30-19)24-25(18)15-4-6-16(7-5-15)26(28)29/h1-11H,12-13H2,(H,23,27). The van der Waals surface area contributed by atoms with Crippen molar-refractivity contribution in [1.82, 2.24) is 15.1 Å². The number of amides is 1. The molecule has 1 amide bonds. The number of nitro groups is 1. The topological polar surface area (TPSA) is 122 Å². The molecule has 4 aromatic rings. The summed E-state index contributed by atoms with van der Waals surface area (Å²) in [7, 11) is 0. The molecule has 0 aliphatic carbocycles. The summed E-state index contributed by atoms with van der Waals surface area (Å²) in [5.74, 6) is 1.42. The number of ether oxygens (including phenoxy) is 2. The highest BCUT2D eigenvalue weighted by molar-refractivity contribution is 5.94. The lowest BCUT2D eigenvalue weighted by atomic mass is 10.2. The van der Waals surface area contributed by atoms with Crippen molar-refractivity contribution in [2.45, 2.75) is 6.54 Å². The maximum absolute atomic E-state index is 13.0. The zero-order valence-electron chi connectivity index (χ0n) is 16.6. The maximum atomic E-state index is 13.0. The molecule has 1 N–H and O–H groups in total. The second-order valence-electron chi connectivity index (χ2n) is 6.95. The minimum absolute atomic E-state index is 0.0547. The summed E-state index contributed by atoms with van der Waals surface area (Å²) >= 11 is 0. The third-order valence-electron chi connectivity index (χ3n) is 4.91. The molecule has 3 heterocycles. The molecule has 0 atom stereocenters. The van der Waals surface area contributed by atoms with Gasteiger partial charge in [0.2, 0.25) is 6.79 Å². The Bertz CT molecular complexity index is 1290. The number of nitrogens with zero attached hydrogens (tertiary/aromatic N) is 3. The van der Waals surface area contributed by atoms with Gasteiger partial charge in [0.05, 0.1) is 16.9 Å². The Morgan fingerprint density at radius 3 is 2.66 bits per heavy atom. The SMILES string of the molecule is O=C(NCc1ccc2c(c1)OCO2)c1cc(-c2ccco2)nn1-c1ccc([N+](=O)[O-])cc1. The van der Waals surface area contributed by atoms with Crippen LogP contribution in [-0.4, -0.2) is 27.4 Å². The molecule has 160 valence electrons. The van der Waals surface area contributed by atoms with Crippen LogP contribution < -0.4 is 14.8 Å². The summed E-state index contributed by atoms with van der Waals surface area (Å²) in [6, 6.07) is 16.3. The van der Waals surface area contributed by atoms with Gasteiger partial charge in [-0.15, -0.1) is 0 Å². The van der Waals surface area contributed by atoms with Crippen LogP contribution >= 0.6 is 0 Å². The summed E-state index contributed by atoms with van der Waals surface area (Å²) in [6.07, 6.45) is 1.51. The van der Waals surface area contributed by atoms with Crippen molar-refractivity contribution < 1.29 is 23.6 Å². The quantitative estimate of drug-likeness (QED) is 0.364. The maximum Gasteiger partial charge on any atom is 0.270 e. The molecule has 10 heteroatoms. The van der Waals surface area contributed by atoms with Crippen LogP contribution in [0, 0.1) is 10.1 Å². The molecule has 0 saturated carbocycles. The smallest absolute Gasteiger partial charge is 0.270 e. The van der Waals surface area contributed by atoms with Gasteiger partial charge in [-0.3, -0.25) is 14.9 Å². The molecule has 0 bridgehead atoms. The Labute approximate surface area is 181 Å². The van der Waals surface area contributed by atoms with Gasteiger partial charge in [0.15, 0.2) is 17.3 Å². The largest absolute Gasteiger partial charge is 0.463 e. The van der Waals surface area contributed by atoms with Crippen LogP contribution in [0.3, 0.4) is 0 Å². The van der Waals surface area contributed by atoms with Crippen molar-refractivity contribution in [1.29, 1.82) is 0 Å². The van der Waals surface area contributed by atoms with Gasteiger partial charge in [-0.2, -0.15) is 5.10 Å². The first-order chi connectivity index (χ1) is 15.6. The first-order valence-electron chi connectivity index (χ1n) is 9.64. The monoisotopic (exact) mass is 432 g/mol. The van der Waals surface area contributed by atoms with Crippen LogP contribution in [0.1, 0.15) is 16.1 Å². The van der Waals surface area contributed by atoms with Crippen LogP contribution in [0.15, 0.2) is 71.3 Å². The lowest BCUT2D eigenvalue weighted by molar-refractivity contribution is -0.384. The van der Waals surface area contributed by atoms with Crippen molar-refractivity contribution in [3.63, 3.8) is 0 Å². The van der Waals surface area contributed by atoms with Gasteiger partial charge >= 0.3 is 0 Å². The van der Waals surface area contributed by atoms with Crippen LogP contribution in [0.2, 0.25) is 0 Å². The van der Waals surface area contributed by atoms with E-state index in [4.69, 9.17) is 13.9 Å². The lowest BCUT2D eigenvalue weighted by Crippen LogP contribution is -2.25. The molecule has 1 aliphatic heterocycles. The highest BCUT2D eigenvalue weighted by atomic mass is 16.7. The Kier molecular flexibility index (Phi) is 4.79. The van der Waals surface area contributed by atoms with E-state index in [0.29, 0.717) is 28.6 Å². The van der Waals surface area contributed by atoms with Crippen molar-refractivity contribution in [3.05, 3.63) is 88.3 Å². The second kappa shape index (κ2) is 7.91. The van der Waals surface area contributed by atoms with Gasteiger partial charge in [0.25, 0.3) is 11.6 Å². The number of aromatic nitrogens is 2. The molecule has 2 aromatic heterocycles. The van der Waals surface area contributed by atoms with Gasteiger partial charge in [0, 0.05) is 24.7 Å². The summed E-state index contributed by atoms with van der Waals surface area (Å²) < 4.78 is 17.5. The number of hydrogen-bond acceptors (Lipinski definition) is 7. The van der Waals surface area contributed by atoms with Gasteiger partial charge < -0.3 is 19.2 Å². The number of carbonyl (C=O) groups excluding carboxylic acids is 1. The number of nitro benzene ring substituents is 1. The third-order valence-corrected chi connectivity index (χ3v) is 4.91. The number of carbonyl (C=O) groups is 1. The molecule has 2 aromatic carbocycles. The molecule has 10 nitrogen and oxygen atoms in total. The molecule has 0 unspecified atom stereocenters. The predicted molar refractivity (Wildman–Crippen MR) is 112 cm³/mol. The Morgan fingerprint density at radius 1 is 1.09 bits per heavy atom. The van der Waals surface area contributed by atoms with E-state index in [1.807, 2.05) is 12.1 Å². The first kappa shape index (κ1) is 19.4. The van der Waals surface area contributed by atoms with E-state index in [1.165, 1.54) is 35.2 Å². The van der Waals surface area contributed by atoms with E-state index in [9.17, 15) is 14.9 Å². The average molecular weight is 432 g/mol. The first-order valence-corrected chi connectivity index (χ1v) is 9.64. The summed E-state index contributed by atoms with van der Waals surface area (Å²) in [5.41, 5.74) is 2.01. The number of non-ortho nitro benzene ring substituents is 1. The molecule has 5 rings (SSSR count). The van der Waals surface area contributed by atoms with E-state index in [0.717, 1.165) is 5.56 Å². The minimum Gasteiger partial charge on any atom is -0.463 e. The number of rotatable bonds is 6. The van der Waals surface area contributed by atoms with Crippen LogP contribution in [0.4, 0.5) is 5.69 Å². The Morgan fingerprint density at radius 2 is 1.91 bits per heavy atom. The molecule has 0 radical (unpaired) electrons. The molecule has 0 fully saturated rings. The average Bonchev–Trinajstić information content (AvgIpc) is 3.57. The van der Waals surface area contributed by atoms with E-state index in [1.54, 1.807) is 24.3 Å². The van der Waals surface area contributed by atoms with Crippen molar-refractivity contribution in [2.24, 2.45) is 0 Å². The van der Waals surface area contributed by atoms with Crippen LogP contribution in [0.5, 0.6) is 11.5 Å². The Balaban J connectivity index is 1.43. The summed E-state index contributed by atoms with van der Waals surface area (Å²) in [4.78, 5) is 23.5. The van der Waals surface area contributed by atoms with E-state index >= 15 is 0 Å². The minimum atomic E-state index is -0.486.